The number of nitrogens with one attached hydrogen (secondary N) is 1. The molecule has 2 aromatic rings. The molecule has 0 aliphatic heterocycles. The first-order chi connectivity index (χ1) is 9.88. The Morgan fingerprint density at radius 3 is 2.29 bits per heavy atom. The molecule has 1 atom stereocenters. The average Bonchev–Trinajstić information content (AvgIpc) is 2.45. The van der Waals surface area contributed by atoms with E-state index >= 15 is 0 Å². The fourth-order valence-electron chi connectivity index (χ4n) is 1.65. The van der Waals surface area contributed by atoms with Crippen LogP contribution >= 0.6 is 46.4 Å². The van der Waals surface area contributed by atoms with Gasteiger partial charge in [-0.2, -0.15) is 0 Å². The lowest BCUT2D eigenvalue weighted by atomic mass is 10.1. The molecule has 0 saturated heterocycles. The van der Waals surface area contributed by atoms with Crippen molar-refractivity contribution in [2.75, 3.05) is 0 Å². The number of nitrogens with zero attached hydrogens (tertiary/aromatic N) is 1. The van der Waals surface area contributed by atoms with Crippen LogP contribution in [0.15, 0.2) is 48.7 Å². The van der Waals surface area contributed by atoms with Crippen molar-refractivity contribution in [3.63, 3.8) is 0 Å². The lowest BCUT2D eigenvalue weighted by Crippen LogP contribution is -2.24. The van der Waals surface area contributed by atoms with Crippen molar-refractivity contribution in [1.29, 1.82) is 5.41 Å². The molecule has 0 spiro atoms. The summed E-state index contributed by atoms with van der Waals surface area (Å²) in [5.41, 5.74) is 1.34. The number of hydrogen-bond donors (Lipinski definition) is 1. The molecule has 0 saturated carbocycles. The van der Waals surface area contributed by atoms with Gasteiger partial charge in [-0.3, -0.25) is 10.4 Å². The monoisotopic (exact) mass is 362 g/mol. The van der Waals surface area contributed by atoms with Crippen molar-refractivity contribution in [1.82, 2.24) is 4.98 Å². The van der Waals surface area contributed by atoms with E-state index in [0.717, 1.165) is 5.56 Å². The van der Waals surface area contributed by atoms with E-state index in [1.165, 1.54) is 0 Å². The maximum absolute atomic E-state index is 7.74. The van der Waals surface area contributed by atoms with Crippen LogP contribution in [0, 0.1) is 5.41 Å². The summed E-state index contributed by atoms with van der Waals surface area (Å²) >= 11 is 22.9. The van der Waals surface area contributed by atoms with E-state index in [4.69, 9.17) is 56.5 Å². The van der Waals surface area contributed by atoms with Gasteiger partial charge in [0.2, 0.25) is 5.90 Å². The molecular formula is C14H10Cl4N2O. The molecule has 2 rings (SSSR count). The minimum Gasteiger partial charge on any atom is -0.463 e. The molecule has 0 unspecified atom stereocenters. The molecule has 1 N–H and O–H groups in total. The number of benzene rings is 1. The third-order valence-corrected chi connectivity index (χ3v) is 3.39. The molecule has 21 heavy (non-hydrogen) atoms. The second-order valence-corrected chi connectivity index (χ2v) is 6.85. The van der Waals surface area contributed by atoms with Gasteiger partial charge < -0.3 is 4.74 Å². The molecule has 1 aromatic heterocycles. The summed E-state index contributed by atoms with van der Waals surface area (Å²) in [4.78, 5) is 4.23. The van der Waals surface area contributed by atoms with Crippen LogP contribution in [0.25, 0.3) is 0 Å². The van der Waals surface area contributed by atoms with Gasteiger partial charge in [0.1, 0.15) is 0 Å². The zero-order chi connectivity index (χ0) is 15.5. The van der Waals surface area contributed by atoms with Gasteiger partial charge in [-0.15, -0.1) is 0 Å². The SMILES string of the molecule is N=C(O[C@H](c1ccc(Cl)cc1)c1ccccn1)C(Cl)(Cl)Cl. The molecule has 0 aliphatic carbocycles. The van der Waals surface area contributed by atoms with E-state index in [9.17, 15) is 0 Å². The van der Waals surface area contributed by atoms with Gasteiger partial charge in [-0.25, -0.2) is 0 Å². The zero-order valence-electron chi connectivity index (χ0n) is 10.6. The first kappa shape index (κ1) is 16.4. The molecule has 0 bridgehead atoms. The highest BCUT2D eigenvalue weighted by Crippen LogP contribution is 2.33. The van der Waals surface area contributed by atoms with Crippen LogP contribution in [0.1, 0.15) is 17.4 Å². The number of ether oxygens (including phenoxy) is 1. The summed E-state index contributed by atoms with van der Waals surface area (Å²) in [5, 5.41) is 8.33. The summed E-state index contributed by atoms with van der Waals surface area (Å²) in [6, 6.07) is 12.3. The van der Waals surface area contributed by atoms with Crippen LogP contribution in [0.2, 0.25) is 5.02 Å². The summed E-state index contributed by atoms with van der Waals surface area (Å²) in [7, 11) is 0. The number of alkyl halides is 3. The average molecular weight is 364 g/mol. The second-order valence-electron chi connectivity index (χ2n) is 4.13. The van der Waals surface area contributed by atoms with Crippen LogP contribution in [0.5, 0.6) is 0 Å². The number of aromatic nitrogens is 1. The highest BCUT2D eigenvalue weighted by Gasteiger charge is 2.32. The quantitative estimate of drug-likeness (QED) is 0.463. The smallest absolute Gasteiger partial charge is 0.265 e. The van der Waals surface area contributed by atoms with Crippen LogP contribution in [0.4, 0.5) is 0 Å². The molecule has 110 valence electrons. The molecule has 0 fully saturated rings. The Morgan fingerprint density at radius 2 is 1.76 bits per heavy atom. The molecular weight excluding hydrogens is 354 g/mol. The van der Waals surface area contributed by atoms with Crippen molar-refractivity contribution in [3.8, 4) is 0 Å². The van der Waals surface area contributed by atoms with Gasteiger partial charge >= 0.3 is 0 Å². The largest absolute Gasteiger partial charge is 0.463 e. The van der Waals surface area contributed by atoms with E-state index in [1.807, 2.05) is 6.07 Å². The van der Waals surface area contributed by atoms with Gasteiger partial charge in [0.25, 0.3) is 3.79 Å². The van der Waals surface area contributed by atoms with E-state index < -0.39 is 15.8 Å². The van der Waals surface area contributed by atoms with E-state index in [0.29, 0.717) is 10.7 Å². The molecule has 0 amide bonds. The third kappa shape index (κ3) is 4.48. The van der Waals surface area contributed by atoms with Gasteiger partial charge in [0.05, 0.1) is 5.69 Å². The minimum absolute atomic E-state index is 0.474. The lowest BCUT2D eigenvalue weighted by Gasteiger charge is -2.22. The Labute approximate surface area is 142 Å². The summed E-state index contributed by atoms with van der Waals surface area (Å²) < 4.78 is 3.58. The highest BCUT2D eigenvalue weighted by molar-refractivity contribution is 6.76. The van der Waals surface area contributed by atoms with Crippen molar-refractivity contribution in [2.24, 2.45) is 0 Å². The first-order valence-corrected chi connectivity index (χ1v) is 7.38. The van der Waals surface area contributed by atoms with Gasteiger partial charge in [-0.05, 0) is 29.8 Å². The predicted molar refractivity (Wildman–Crippen MR) is 86.6 cm³/mol. The maximum Gasteiger partial charge on any atom is 0.265 e. The highest BCUT2D eigenvalue weighted by atomic mass is 35.6. The van der Waals surface area contributed by atoms with Crippen LogP contribution in [-0.2, 0) is 4.74 Å². The van der Waals surface area contributed by atoms with E-state index in [1.54, 1.807) is 42.6 Å². The van der Waals surface area contributed by atoms with Gasteiger partial charge in [0.15, 0.2) is 6.10 Å². The van der Waals surface area contributed by atoms with Crippen molar-refractivity contribution in [2.45, 2.75) is 9.90 Å². The van der Waals surface area contributed by atoms with E-state index in [2.05, 4.69) is 4.98 Å². The maximum atomic E-state index is 7.74. The molecule has 3 nitrogen and oxygen atoms in total. The Morgan fingerprint density at radius 1 is 1.10 bits per heavy atom. The Bertz CT molecular complexity index is 611. The number of halogens is 4. The number of pyridine rings is 1. The Kier molecular flexibility index (Phi) is 5.33. The summed E-state index contributed by atoms with van der Waals surface area (Å²) in [6.07, 6.45) is 0.965. The van der Waals surface area contributed by atoms with Crippen LogP contribution in [0.3, 0.4) is 0 Å². The number of rotatable bonds is 3. The van der Waals surface area contributed by atoms with Gasteiger partial charge in [-0.1, -0.05) is 64.6 Å². The van der Waals surface area contributed by atoms with Crippen LogP contribution in [-0.4, -0.2) is 14.7 Å². The third-order valence-electron chi connectivity index (χ3n) is 2.62. The number of hydrogen-bond acceptors (Lipinski definition) is 3. The lowest BCUT2D eigenvalue weighted by molar-refractivity contribution is 0.221. The normalized spacial score (nSPS) is 12.8. The molecule has 7 heteroatoms. The minimum atomic E-state index is -1.93. The Balaban J connectivity index is 2.36. The van der Waals surface area contributed by atoms with Crippen molar-refractivity contribution < 1.29 is 4.74 Å². The zero-order valence-corrected chi connectivity index (χ0v) is 13.6. The van der Waals surface area contributed by atoms with Crippen LogP contribution < -0.4 is 0 Å². The fraction of sp³-hybridized carbons (Fsp3) is 0.143. The molecule has 1 aromatic carbocycles. The Hall–Kier alpha value is -1.000. The van der Waals surface area contributed by atoms with Gasteiger partial charge in [0, 0.05) is 11.2 Å². The summed E-state index contributed by atoms with van der Waals surface area (Å²) in [5.74, 6) is -0.474. The fourth-order valence-corrected chi connectivity index (χ4v) is 1.91. The topological polar surface area (TPSA) is 46.0 Å². The predicted octanol–water partition coefficient (Wildman–Crippen LogP) is 5.19. The second kappa shape index (κ2) is 6.84. The first-order valence-electron chi connectivity index (χ1n) is 5.86. The molecule has 1 heterocycles. The molecule has 0 aliphatic rings. The molecule has 0 radical (unpaired) electrons. The summed E-state index contributed by atoms with van der Waals surface area (Å²) in [6.45, 7) is 0. The van der Waals surface area contributed by atoms with Crippen molar-refractivity contribution >= 4 is 52.3 Å². The standard InChI is InChI=1S/C14H10Cl4N2O/c15-10-6-4-9(5-7-10)12(11-3-1-2-8-20-11)21-13(19)14(16,17)18/h1-8,12,19H/t12-/m1/s1. The van der Waals surface area contributed by atoms with Crippen molar-refractivity contribution in [3.05, 3.63) is 64.9 Å². The van der Waals surface area contributed by atoms with E-state index in [-0.39, 0.29) is 0 Å².